The van der Waals surface area contributed by atoms with E-state index < -0.39 is 5.41 Å². The fourth-order valence-corrected chi connectivity index (χ4v) is 10.2. The van der Waals surface area contributed by atoms with Crippen molar-refractivity contribution in [2.45, 2.75) is 5.41 Å². The van der Waals surface area contributed by atoms with Gasteiger partial charge >= 0.3 is 0 Å². The Balaban J connectivity index is 1.20. The molecule has 0 spiro atoms. The highest BCUT2D eigenvalue weighted by Gasteiger charge is 2.46. The molecule has 0 N–H and O–H groups in total. The number of hydrogen-bond donors (Lipinski definition) is 0. The first-order valence-electron chi connectivity index (χ1n) is 17.8. The SMILES string of the molecule is c1ccc(N(c2ccc3c(c2)C(c2ccccc2)(c2ccccc2)c2ccccc2-3)c2cccc3c2sc2c3ccc3oc4ccccc4c32)cc1. The van der Waals surface area contributed by atoms with Gasteiger partial charge in [-0.15, -0.1) is 11.3 Å². The van der Waals surface area contributed by atoms with Crippen molar-refractivity contribution in [2.75, 3.05) is 4.90 Å². The van der Waals surface area contributed by atoms with Gasteiger partial charge in [0.1, 0.15) is 11.2 Å². The molecule has 0 saturated heterocycles. The van der Waals surface area contributed by atoms with Gasteiger partial charge in [0.2, 0.25) is 0 Å². The van der Waals surface area contributed by atoms with E-state index in [9.17, 15) is 0 Å². The van der Waals surface area contributed by atoms with Crippen LogP contribution in [0.2, 0.25) is 0 Å². The Labute approximate surface area is 305 Å². The number of rotatable bonds is 5. The minimum atomic E-state index is -0.482. The lowest BCUT2D eigenvalue weighted by Crippen LogP contribution is -2.28. The smallest absolute Gasteiger partial charge is 0.136 e. The van der Waals surface area contributed by atoms with Crippen molar-refractivity contribution in [1.29, 1.82) is 0 Å². The highest BCUT2D eigenvalue weighted by atomic mass is 32.1. The Morgan fingerprint density at radius 1 is 0.423 bits per heavy atom. The number of hydrogen-bond acceptors (Lipinski definition) is 3. The summed E-state index contributed by atoms with van der Waals surface area (Å²) < 4.78 is 8.84. The van der Waals surface area contributed by atoms with E-state index in [1.165, 1.54) is 58.9 Å². The largest absolute Gasteiger partial charge is 0.456 e. The third kappa shape index (κ3) is 4.06. The van der Waals surface area contributed by atoms with Gasteiger partial charge in [-0.2, -0.15) is 0 Å². The minimum absolute atomic E-state index is 0.482. The van der Waals surface area contributed by atoms with E-state index in [0.717, 1.165) is 33.6 Å². The van der Waals surface area contributed by atoms with Gasteiger partial charge in [-0.05, 0) is 81.9 Å². The van der Waals surface area contributed by atoms with Gasteiger partial charge in [-0.1, -0.05) is 140 Å². The minimum Gasteiger partial charge on any atom is -0.456 e. The molecule has 11 rings (SSSR count). The second kappa shape index (κ2) is 11.3. The normalized spacial score (nSPS) is 13.2. The van der Waals surface area contributed by atoms with Crippen LogP contribution in [0, 0.1) is 0 Å². The second-order valence-corrected chi connectivity index (χ2v) is 14.6. The van der Waals surface area contributed by atoms with Crippen LogP contribution in [-0.2, 0) is 5.41 Å². The lowest BCUT2D eigenvalue weighted by Gasteiger charge is -2.35. The molecule has 2 aromatic heterocycles. The number of thiophene rings is 1. The Kier molecular flexibility index (Phi) is 6.37. The van der Waals surface area contributed by atoms with Crippen molar-refractivity contribution in [2.24, 2.45) is 0 Å². The monoisotopic (exact) mass is 681 g/mol. The van der Waals surface area contributed by atoms with Crippen LogP contribution in [0.5, 0.6) is 0 Å². The summed E-state index contributed by atoms with van der Waals surface area (Å²) >= 11 is 1.86. The van der Waals surface area contributed by atoms with E-state index in [0.29, 0.717) is 0 Å². The quantitative estimate of drug-likeness (QED) is 0.180. The van der Waals surface area contributed by atoms with Crippen LogP contribution in [0.3, 0.4) is 0 Å². The highest BCUT2D eigenvalue weighted by molar-refractivity contribution is 7.27. The molecular formula is C49H31NOS. The van der Waals surface area contributed by atoms with Gasteiger partial charge < -0.3 is 9.32 Å². The summed E-state index contributed by atoms with van der Waals surface area (Å²) in [7, 11) is 0. The second-order valence-electron chi connectivity index (χ2n) is 13.6. The first-order chi connectivity index (χ1) is 25.8. The predicted octanol–water partition coefficient (Wildman–Crippen LogP) is 13.8. The number of para-hydroxylation sites is 2. The molecule has 0 aliphatic heterocycles. The molecule has 0 amide bonds. The number of nitrogens with zero attached hydrogens (tertiary/aromatic N) is 1. The Morgan fingerprint density at radius 2 is 1.06 bits per heavy atom. The summed E-state index contributed by atoms with van der Waals surface area (Å²) in [6.45, 7) is 0. The lowest BCUT2D eigenvalue weighted by molar-refractivity contribution is 0.669. The van der Waals surface area contributed by atoms with Gasteiger partial charge in [0.05, 0.1) is 15.8 Å². The Morgan fingerprint density at radius 3 is 1.85 bits per heavy atom. The average molecular weight is 682 g/mol. The third-order valence-electron chi connectivity index (χ3n) is 10.9. The summed E-state index contributed by atoms with van der Waals surface area (Å²) in [5.41, 5.74) is 12.5. The molecule has 3 heteroatoms. The summed E-state index contributed by atoms with van der Waals surface area (Å²) in [5, 5.41) is 4.86. The number of fused-ring (bicyclic) bond motifs is 10. The van der Waals surface area contributed by atoms with Gasteiger partial charge in [0.25, 0.3) is 0 Å². The fourth-order valence-electron chi connectivity index (χ4n) is 8.80. The van der Waals surface area contributed by atoms with Crippen LogP contribution < -0.4 is 4.90 Å². The van der Waals surface area contributed by atoms with Crippen molar-refractivity contribution in [3.05, 3.63) is 210 Å². The molecule has 244 valence electrons. The predicted molar refractivity (Wildman–Crippen MR) is 219 cm³/mol. The molecule has 0 atom stereocenters. The first-order valence-corrected chi connectivity index (χ1v) is 18.6. The third-order valence-corrected chi connectivity index (χ3v) is 12.2. The van der Waals surface area contributed by atoms with Crippen molar-refractivity contribution >= 4 is 70.5 Å². The van der Waals surface area contributed by atoms with E-state index in [1.54, 1.807) is 0 Å². The molecule has 2 nitrogen and oxygen atoms in total. The summed E-state index contributed by atoms with van der Waals surface area (Å²) in [6.07, 6.45) is 0. The van der Waals surface area contributed by atoms with Crippen molar-refractivity contribution < 1.29 is 4.42 Å². The van der Waals surface area contributed by atoms with Crippen LogP contribution in [0.15, 0.2) is 192 Å². The molecule has 0 radical (unpaired) electrons. The van der Waals surface area contributed by atoms with Gasteiger partial charge in [-0.3, -0.25) is 0 Å². The molecule has 52 heavy (non-hydrogen) atoms. The maximum atomic E-state index is 6.33. The zero-order chi connectivity index (χ0) is 34.2. The van der Waals surface area contributed by atoms with Crippen LogP contribution >= 0.6 is 11.3 Å². The molecule has 0 fully saturated rings. The molecule has 0 saturated carbocycles. The van der Waals surface area contributed by atoms with Crippen molar-refractivity contribution in [3.8, 4) is 11.1 Å². The maximum Gasteiger partial charge on any atom is 0.136 e. The Bertz CT molecular complexity index is 2920. The van der Waals surface area contributed by atoms with E-state index in [-0.39, 0.29) is 0 Å². The number of benzene rings is 8. The van der Waals surface area contributed by atoms with E-state index in [2.05, 4.69) is 187 Å². The maximum absolute atomic E-state index is 6.33. The summed E-state index contributed by atoms with van der Waals surface area (Å²) in [6, 6.07) is 68.4. The Hall–Kier alpha value is -6.42. The summed E-state index contributed by atoms with van der Waals surface area (Å²) in [5.74, 6) is 0. The number of furan rings is 1. The van der Waals surface area contributed by atoms with Gasteiger partial charge in [0, 0.05) is 37.6 Å². The van der Waals surface area contributed by atoms with Crippen LogP contribution in [0.25, 0.3) is 53.2 Å². The van der Waals surface area contributed by atoms with Crippen molar-refractivity contribution in [3.63, 3.8) is 0 Å². The zero-order valence-corrected chi connectivity index (χ0v) is 29.0. The van der Waals surface area contributed by atoms with E-state index in [4.69, 9.17) is 4.42 Å². The fraction of sp³-hybridized carbons (Fsp3) is 0.0204. The average Bonchev–Trinajstić information content (AvgIpc) is 3.88. The van der Waals surface area contributed by atoms with Crippen LogP contribution in [0.1, 0.15) is 22.3 Å². The standard InChI is InChI=1S/C49H31NOS/c1-4-15-32(16-5-1)49(33-17-6-2-7-18-33)41-24-12-10-21-36(41)37-28-27-35(31-42(37)49)50(34-19-8-3-9-20-34)43-25-14-23-38-39-29-30-45-46(48(39)52-47(38)43)40-22-11-13-26-44(40)51-45/h1-31H. The topological polar surface area (TPSA) is 16.4 Å². The molecule has 10 aromatic rings. The number of anilines is 3. The van der Waals surface area contributed by atoms with Gasteiger partial charge in [-0.25, -0.2) is 0 Å². The van der Waals surface area contributed by atoms with Crippen LogP contribution in [0.4, 0.5) is 17.1 Å². The van der Waals surface area contributed by atoms with Gasteiger partial charge in [0.15, 0.2) is 0 Å². The molecule has 8 aromatic carbocycles. The molecule has 2 heterocycles. The lowest BCUT2D eigenvalue weighted by atomic mass is 9.67. The first kappa shape index (κ1) is 29.3. The van der Waals surface area contributed by atoms with E-state index >= 15 is 0 Å². The molecular weight excluding hydrogens is 651 g/mol. The van der Waals surface area contributed by atoms with Crippen molar-refractivity contribution in [1.82, 2.24) is 0 Å². The summed E-state index contributed by atoms with van der Waals surface area (Å²) in [4.78, 5) is 2.45. The molecule has 0 bridgehead atoms. The highest BCUT2D eigenvalue weighted by Crippen LogP contribution is 2.57. The zero-order valence-electron chi connectivity index (χ0n) is 28.2. The molecule has 1 aliphatic carbocycles. The molecule has 0 unspecified atom stereocenters. The molecule has 1 aliphatic rings. The van der Waals surface area contributed by atoms with Crippen LogP contribution in [-0.4, -0.2) is 0 Å². The van der Waals surface area contributed by atoms with E-state index in [1.807, 2.05) is 17.4 Å².